The predicted molar refractivity (Wildman–Crippen MR) is 84.1 cm³/mol. The van der Waals surface area contributed by atoms with Gasteiger partial charge in [0.05, 0.1) is 6.42 Å². The second-order valence-corrected chi connectivity index (χ2v) is 5.95. The first-order valence-corrected chi connectivity index (χ1v) is 7.46. The number of aryl methyl sites for hydroxylation is 1. The molecule has 0 aromatic heterocycles. The van der Waals surface area contributed by atoms with Crippen molar-refractivity contribution in [3.8, 4) is 0 Å². The van der Waals surface area contributed by atoms with Crippen LogP contribution in [-0.2, 0) is 11.2 Å². The number of rotatable bonds is 3. The molecule has 1 aliphatic carbocycles. The standard InChI is InChI=1S/C19H18O3/c1-12-7-8-14-10-15(13-5-3-2-4-6-13)17(11-18(20)21)19(22)16(14)9-12/h2-9,15,17H,10-11H2,1H3,(H,20,21). The van der Waals surface area contributed by atoms with E-state index in [1.165, 1.54) is 0 Å². The van der Waals surface area contributed by atoms with Crippen molar-refractivity contribution in [2.75, 3.05) is 0 Å². The minimum Gasteiger partial charge on any atom is -0.481 e. The Morgan fingerprint density at radius 3 is 2.59 bits per heavy atom. The van der Waals surface area contributed by atoms with Crippen LogP contribution in [-0.4, -0.2) is 16.9 Å². The Bertz CT molecular complexity index is 719. The average molecular weight is 294 g/mol. The van der Waals surface area contributed by atoms with E-state index in [4.69, 9.17) is 0 Å². The van der Waals surface area contributed by atoms with Gasteiger partial charge in [-0.05, 0) is 36.5 Å². The van der Waals surface area contributed by atoms with E-state index >= 15 is 0 Å². The molecule has 0 radical (unpaired) electrons. The third-order valence-corrected chi connectivity index (χ3v) is 4.42. The van der Waals surface area contributed by atoms with E-state index in [0.29, 0.717) is 12.0 Å². The summed E-state index contributed by atoms with van der Waals surface area (Å²) in [7, 11) is 0. The van der Waals surface area contributed by atoms with Gasteiger partial charge in [0.1, 0.15) is 0 Å². The summed E-state index contributed by atoms with van der Waals surface area (Å²) in [6.45, 7) is 1.95. The van der Waals surface area contributed by atoms with Crippen LogP contribution >= 0.6 is 0 Å². The van der Waals surface area contributed by atoms with Crippen molar-refractivity contribution in [2.24, 2.45) is 5.92 Å². The first-order valence-electron chi connectivity index (χ1n) is 7.46. The second-order valence-electron chi connectivity index (χ2n) is 5.95. The predicted octanol–water partition coefficient (Wildman–Crippen LogP) is 3.61. The van der Waals surface area contributed by atoms with Crippen LogP contribution in [0.5, 0.6) is 0 Å². The van der Waals surface area contributed by atoms with Gasteiger partial charge in [-0.25, -0.2) is 0 Å². The van der Waals surface area contributed by atoms with Crippen molar-refractivity contribution in [3.05, 3.63) is 70.8 Å². The molecule has 0 spiro atoms. The minimum atomic E-state index is -0.921. The van der Waals surface area contributed by atoms with Crippen molar-refractivity contribution < 1.29 is 14.7 Å². The molecule has 22 heavy (non-hydrogen) atoms. The fourth-order valence-corrected chi connectivity index (χ4v) is 3.33. The largest absolute Gasteiger partial charge is 0.481 e. The van der Waals surface area contributed by atoms with Crippen LogP contribution in [0.4, 0.5) is 0 Å². The number of aliphatic carboxylic acids is 1. The highest BCUT2D eigenvalue weighted by molar-refractivity contribution is 6.02. The molecule has 2 atom stereocenters. The number of hydrogen-bond donors (Lipinski definition) is 1. The van der Waals surface area contributed by atoms with Crippen LogP contribution in [0.15, 0.2) is 48.5 Å². The van der Waals surface area contributed by atoms with Gasteiger partial charge in [0.2, 0.25) is 0 Å². The van der Waals surface area contributed by atoms with E-state index in [9.17, 15) is 14.7 Å². The molecule has 0 amide bonds. The van der Waals surface area contributed by atoms with Gasteiger partial charge in [-0.15, -0.1) is 0 Å². The van der Waals surface area contributed by atoms with Gasteiger partial charge in [0.15, 0.2) is 5.78 Å². The minimum absolute atomic E-state index is 0.0406. The van der Waals surface area contributed by atoms with Crippen molar-refractivity contribution >= 4 is 11.8 Å². The summed E-state index contributed by atoms with van der Waals surface area (Å²) in [6, 6.07) is 15.6. The molecule has 1 aliphatic rings. The fourth-order valence-electron chi connectivity index (χ4n) is 3.33. The lowest BCUT2D eigenvalue weighted by molar-refractivity contribution is -0.138. The van der Waals surface area contributed by atoms with Gasteiger partial charge >= 0.3 is 5.97 Å². The molecule has 2 aromatic rings. The number of carbonyl (C=O) groups excluding carboxylic acids is 1. The highest BCUT2D eigenvalue weighted by Crippen LogP contribution is 2.39. The van der Waals surface area contributed by atoms with Gasteiger partial charge in [0, 0.05) is 11.5 Å². The molecule has 0 saturated carbocycles. The van der Waals surface area contributed by atoms with Gasteiger partial charge in [-0.1, -0.05) is 48.0 Å². The normalized spacial score (nSPS) is 20.5. The Morgan fingerprint density at radius 1 is 1.18 bits per heavy atom. The topological polar surface area (TPSA) is 54.4 Å². The zero-order valence-corrected chi connectivity index (χ0v) is 12.5. The van der Waals surface area contributed by atoms with Crippen molar-refractivity contribution in [2.45, 2.75) is 25.7 Å². The van der Waals surface area contributed by atoms with Gasteiger partial charge in [0.25, 0.3) is 0 Å². The SMILES string of the molecule is Cc1ccc2c(c1)C(=O)C(CC(=O)O)C(c1ccccc1)C2. The number of hydrogen-bond acceptors (Lipinski definition) is 2. The van der Waals surface area contributed by atoms with Crippen LogP contribution in [0.1, 0.15) is 39.4 Å². The lowest BCUT2D eigenvalue weighted by Crippen LogP contribution is -2.32. The van der Waals surface area contributed by atoms with Gasteiger partial charge in [-0.3, -0.25) is 9.59 Å². The number of Topliss-reactive ketones (excluding diaryl/α,β-unsaturated/α-hetero) is 1. The van der Waals surface area contributed by atoms with Gasteiger partial charge in [-0.2, -0.15) is 0 Å². The maximum absolute atomic E-state index is 12.8. The Morgan fingerprint density at radius 2 is 1.91 bits per heavy atom. The van der Waals surface area contributed by atoms with E-state index in [0.717, 1.165) is 16.7 Å². The smallest absolute Gasteiger partial charge is 0.304 e. The maximum atomic E-state index is 12.8. The number of carbonyl (C=O) groups is 2. The van der Waals surface area contributed by atoms with Gasteiger partial charge < -0.3 is 5.11 Å². The number of carboxylic acids is 1. The van der Waals surface area contributed by atoms with E-state index in [-0.39, 0.29) is 18.1 Å². The van der Waals surface area contributed by atoms with Crippen molar-refractivity contribution in [1.82, 2.24) is 0 Å². The van der Waals surface area contributed by atoms with Crippen LogP contribution in [0.25, 0.3) is 0 Å². The monoisotopic (exact) mass is 294 g/mol. The van der Waals surface area contributed by atoms with Crippen LogP contribution in [0.2, 0.25) is 0 Å². The molecule has 2 aromatic carbocycles. The summed E-state index contributed by atoms with van der Waals surface area (Å²) < 4.78 is 0. The molecule has 0 aliphatic heterocycles. The quantitative estimate of drug-likeness (QED) is 0.941. The number of carboxylic acid groups (broad SMARTS) is 1. The Hall–Kier alpha value is -2.42. The molecule has 2 unspecified atom stereocenters. The molecule has 3 nitrogen and oxygen atoms in total. The van der Waals surface area contributed by atoms with Crippen LogP contribution in [0, 0.1) is 12.8 Å². The molecule has 1 N–H and O–H groups in total. The Kier molecular flexibility index (Phi) is 3.80. The molecular weight excluding hydrogens is 276 g/mol. The highest BCUT2D eigenvalue weighted by atomic mass is 16.4. The average Bonchev–Trinajstić information content (AvgIpc) is 2.51. The van der Waals surface area contributed by atoms with Crippen molar-refractivity contribution in [3.63, 3.8) is 0 Å². The third-order valence-electron chi connectivity index (χ3n) is 4.42. The number of fused-ring (bicyclic) bond motifs is 1. The molecule has 112 valence electrons. The zero-order valence-electron chi connectivity index (χ0n) is 12.5. The molecule has 0 heterocycles. The number of benzene rings is 2. The zero-order chi connectivity index (χ0) is 15.7. The van der Waals surface area contributed by atoms with Crippen LogP contribution < -0.4 is 0 Å². The fraction of sp³-hybridized carbons (Fsp3) is 0.263. The Balaban J connectivity index is 2.07. The first-order chi connectivity index (χ1) is 10.6. The molecule has 0 saturated heterocycles. The van der Waals surface area contributed by atoms with E-state index in [1.54, 1.807) is 0 Å². The summed E-state index contributed by atoms with van der Waals surface area (Å²) in [5.41, 5.74) is 3.78. The lowest BCUT2D eigenvalue weighted by Gasteiger charge is -2.31. The third kappa shape index (κ3) is 2.67. The summed E-state index contributed by atoms with van der Waals surface area (Å²) in [6.07, 6.45) is 0.592. The number of ketones is 1. The summed E-state index contributed by atoms with van der Waals surface area (Å²) >= 11 is 0. The maximum Gasteiger partial charge on any atom is 0.304 e. The molecule has 3 rings (SSSR count). The molecular formula is C19H18O3. The summed E-state index contributed by atoms with van der Waals surface area (Å²) in [5.74, 6) is -1.52. The van der Waals surface area contributed by atoms with E-state index < -0.39 is 11.9 Å². The lowest BCUT2D eigenvalue weighted by atomic mass is 9.70. The van der Waals surface area contributed by atoms with E-state index in [1.807, 2.05) is 55.5 Å². The van der Waals surface area contributed by atoms with Crippen molar-refractivity contribution in [1.29, 1.82) is 0 Å². The molecule has 3 heteroatoms. The highest BCUT2D eigenvalue weighted by Gasteiger charge is 2.37. The summed E-state index contributed by atoms with van der Waals surface area (Å²) in [5, 5.41) is 9.20. The summed E-state index contributed by atoms with van der Waals surface area (Å²) in [4.78, 5) is 24.0. The van der Waals surface area contributed by atoms with Crippen LogP contribution in [0.3, 0.4) is 0 Å². The molecule has 0 fully saturated rings. The van der Waals surface area contributed by atoms with E-state index in [2.05, 4.69) is 0 Å². The molecule has 0 bridgehead atoms. The Labute approximate surface area is 129 Å². The first kappa shape index (κ1) is 14.5. The second kappa shape index (κ2) is 5.76.